The van der Waals surface area contributed by atoms with Crippen LogP contribution in [-0.4, -0.2) is 37.6 Å². The molecule has 1 aliphatic rings. The van der Waals surface area contributed by atoms with E-state index >= 15 is 0 Å². The highest BCUT2D eigenvalue weighted by molar-refractivity contribution is 5.48. The third kappa shape index (κ3) is 5.17. The first-order valence-corrected chi connectivity index (χ1v) is 7.53. The quantitative estimate of drug-likeness (QED) is 0.844. The second-order valence-electron chi connectivity index (χ2n) is 5.36. The smallest absolute Gasteiger partial charge is 0.0166 e. The fourth-order valence-corrected chi connectivity index (χ4v) is 2.62. The largest absolute Gasteiger partial charge is 0.317 e. The van der Waals surface area contributed by atoms with E-state index in [2.05, 4.69) is 59.6 Å². The highest BCUT2D eigenvalue weighted by Gasteiger charge is 2.17. The van der Waals surface area contributed by atoms with Crippen molar-refractivity contribution in [2.75, 3.05) is 32.7 Å². The summed E-state index contributed by atoms with van der Waals surface area (Å²) in [4.78, 5) is 2.56. The molecule has 1 heterocycles. The number of piperidine rings is 1. The van der Waals surface area contributed by atoms with Gasteiger partial charge in [0.05, 0.1) is 0 Å². The average molecular weight is 258 g/mol. The first-order chi connectivity index (χ1) is 9.38. The van der Waals surface area contributed by atoms with Crippen LogP contribution >= 0.6 is 0 Å². The van der Waals surface area contributed by atoms with E-state index in [1.807, 2.05) is 0 Å². The van der Waals surface area contributed by atoms with Crippen LogP contribution in [-0.2, 0) is 0 Å². The van der Waals surface area contributed by atoms with Crippen molar-refractivity contribution in [1.82, 2.24) is 10.2 Å². The Hall–Kier alpha value is -1.12. The van der Waals surface area contributed by atoms with Gasteiger partial charge in [-0.25, -0.2) is 0 Å². The van der Waals surface area contributed by atoms with Gasteiger partial charge in [-0.2, -0.15) is 0 Å². The summed E-state index contributed by atoms with van der Waals surface area (Å²) in [5, 5.41) is 3.46. The van der Waals surface area contributed by atoms with Crippen LogP contribution in [0.25, 0.3) is 6.08 Å². The molecule has 2 rings (SSSR count). The summed E-state index contributed by atoms with van der Waals surface area (Å²) in [7, 11) is 0. The lowest BCUT2D eigenvalue weighted by atomic mass is 9.97. The highest BCUT2D eigenvalue weighted by Crippen LogP contribution is 2.16. The Morgan fingerprint density at radius 1 is 1.21 bits per heavy atom. The SMILES string of the molecule is CCNCC1CCN(C/C=C/c2ccccc2)CC1. The van der Waals surface area contributed by atoms with Crippen LogP contribution in [0.15, 0.2) is 36.4 Å². The number of likely N-dealkylation sites (tertiary alicyclic amines) is 1. The van der Waals surface area contributed by atoms with Crippen molar-refractivity contribution in [3.05, 3.63) is 42.0 Å². The van der Waals surface area contributed by atoms with E-state index in [0.29, 0.717) is 0 Å². The van der Waals surface area contributed by atoms with E-state index in [1.54, 1.807) is 0 Å². The Bertz CT molecular complexity index is 364. The molecule has 0 radical (unpaired) electrons. The molecule has 0 amide bonds. The maximum atomic E-state index is 3.46. The number of hydrogen-bond donors (Lipinski definition) is 1. The summed E-state index contributed by atoms with van der Waals surface area (Å²) in [6.07, 6.45) is 7.20. The minimum absolute atomic E-state index is 0.884. The van der Waals surface area contributed by atoms with Gasteiger partial charge in [0.15, 0.2) is 0 Å². The third-order valence-corrected chi connectivity index (χ3v) is 3.86. The number of nitrogens with one attached hydrogen (secondary N) is 1. The molecule has 1 N–H and O–H groups in total. The van der Waals surface area contributed by atoms with Gasteiger partial charge in [0.2, 0.25) is 0 Å². The van der Waals surface area contributed by atoms with Gasteiger partial charge < -0.3 is 5.32 Å². The van der Waals surface area contributed by atoms with Crippen molar-refractivity contribution in [2.24, 2.45) is 5.92 Å². The summed E-state index contributed by atoms with van der Waals surface area (Å²) < 4.78 is 0. The molecule has 19 heavy (non-hydrogen) atoms. The van der Waals surface area contributed by atoms with Crippen LogP contribution < -0.4 is 5.32 Å². The summed E-state index contributed by atoms with van der Waals surface area (Å²) in [6, 6.07) is 10.5. The van der Waals surface area contributed by atoms with Crippen molar-refractivity contribution in [1.29, 1.82) is 0 Å². The molecule has 0 saturated carbocycles. The zero-order valence-electron chi connectivity index (χ0n) is 12.0. The number of hydrogen-bond acceptors (Lipinski definition) is 2. The molecular weight excluding hydrogens is 232 g/mol. The van der Waals surface area contributed by atoms with Crippen LogP contribution in [0, 0.1) is 5.92 Å². The molecule has 1 aromatic carbocycles. The maximum absolute atomic E-state index is 3.46. The zero-order valence-corrected chi connectivity index (χ0v) is 12.0. The fourth-order valence-electron chi connectivity index (χ4n) is 2.62. The lowest BCUT2D eigenvalue weighted by Gasteiger charge is -2.31. The average Bonchev–Trinajstić information content (AvgIpc) is 2.47. The van der Waals surface area contributed by atoms with Gasteiger partial charge in [-0.1, -0.05) is 49.4 Å². The topological polar surface area (TPSA) is 15.3 Å². The van der Waals surface area contributed by atoms with Crippen molar-refractivity contribution >= 4 is 6.08 Å². The van der Waals surface area contributed by atoms with Gasteiger partial charge in [0, 0.05) is 6.54 Å². The first-order valence-electron chi connectivity index (χ1n) is 7.53. The molecular formula is C17H26N2. The number of rotatable bonds is 6. The Kier molecular flexibility index (Phi) is 6.12. The molecule has 0 unspecified atom stereocenters. The fraction of sp³-hybridized carbons (Fsp3) is 0.529. The standard InChI is InChI=1S/C17H26N2/c1-2-18-15-17-10-13-19(14-11-17)12-6-9-16-7-4-3-5-8-16/h3-9,17-18H,2,10-15H2,1H3/b9-6+. The lowest BCUT2D eigenvalue weighted by Crippen LogP contribution is -2.37. The summed E-state index contributed by atoms with van der Waals surface area (Å²) in [5.41, 5.74) is 1.30. The van der Waals surface area contributed by atoms with Crippen LogP contribution in [0.2, 0.25) is 0 Å². The van der Waals surface area contributed by atoms with Gasteiger partial charge in [-0.05, 0) is 50.5 Å². The van der Waals surface area contributed by atoms with Gasteiger partial charge >= 0.3 is 0 Å². The second-order valence-corrected chi connectivity index (χ2v) is 5.36. The predicted octanol–water partition coefficient (Wildman–Crippen LogP) is 3.02. The van der Waals surface area contributed by atoms with Crippen molar-refractivity contribution in [3.63, 3.8) is 0 Å². The minimum Gasteiger partial charge on any atom is -0.317 e. The minimum atomic E-state index is 0.884. The molecule has 0 bridgehead atoms. The first kappa shape index (κ1) is 14.3. The van der Waals surface area contributed by atoms with Crippen LogP contribution in [0.5, 0.6) is 0 Å². The molecule has 0 atom stereocenters. The summed E-state index contributed by atoms with van der Waals surface area (Å²) in [6.45, 7) is 8.06. The van der Waals surface area contributed by atoms with Crippen molar-refractivity contribution < 1.29 is 0 Å². The molecule has 2 nitrogen and oxygen atoms in total. The molecule has 1 saturated heterocycles. The predicted molar refractivity (Wildman–Crippen MR) is 83.2 cm³/mol. The Labute approximate surface area is 117 Å². The molecule has 0 spiro atoms. The molecule has 0 aliphatic carbocycles. The van der Waals surface area contributed by atoms with Gasteiger partial charge in [-0.15, -0.1) is 0 Å². The maximum Gasteiger partial charge on any atom is 0.0166 e. The normalized spacial score (nSPS) is 18.2. The van der Waals surface area contributed by atoms with E-state index in [4.69, 9.17) is 0 Å². The van der Waals surface area contributed by atoms with Crippen LogP contribution in [0.3, 0.4) is 0 Å². The lowest BCUT2D eigenvalue weighted by molar-refractivity contribution is 0.199. The van der Waals surface area contributed by atoms with Gasteiger partial charge in [0.25, 0.3) is 0 Å². The van der Waals surface area contributed by atoms with E-state index < -0.39 is 0 Å². The molecule has 2 heteroatoms. The summed E-state index contributed by atoms with van der Waals surface area (Å²) in [5.74, 6) is 0.884. The second kappa shape index (κ2) is 8.13. The summed E-state index contributed by atoms with van der Waals surface area (Å²) >= 11 is 0. The van der Waals surface area contributed by atoms with E-state index in [9.17, 15) is 0 Å². The van der Waals surface area contributed by atoms with Crippen LogP contribution in [0.4, 0.5) is 0 Å². The number of nitrogens with zero attached hydrogens (tertiary/aromatic N) is 1. The van der Waals surface area contributed by atoms with Crippen molar-refractivity contribution in [2.45, 2.75) is 19.8 Å². The Balaban J connectivity index is 1.67. The third-order valence-electron chi connectivity index (χ3n) is 3.86. The molecule has 1 fully saturated rings. The van der Waals surface area contributed by atoms with Gasteiger partial charge in [0.1, 0.15) is 0 Å². The van der Waals surface area contributed by atoms with E-state index in [-0.39, 0.29) is 0 Å². The van der Waals surface area contributed by atoms with Gasteiger partial charge in [-0.3, -0.25) is 4.90 Å². The monoisotopic (exact) mass is 258 g/mol. The Morgan fingerprint density at radius 2 is 1.95 bits per heavy atom. The van der Waals surface area contributed by atoms with E-state index in [0.717, 1.165) is 19.0 Å². The highest BCUT2D eigenvalue weighted by atomic mass is 15.1. The zero-order chi connectivity index (χ0) is 13.3. The molecule has 104 valence electrons. The van der Waals surface area contributed by atoms with Crippen molar-refractivity contribution in [3.8, 4) is 0 Å². The molecule has 1 aromatic rings. The van der Waals surface area contributed by atoms with E-state index in [1.165, 1.54) is 38.0 Å². The Morgan fingerprint density at radius 3 is 2.63 bits per heavy atom. The molecule has 1 aliphatic heterocycles. The molecule has 0 aromatic heterocycles. The van der Waals surface area contributed by atoms with Crippen LogP contribution in [0.1, 0.15) is 25.3 Å². The number of benzene rings is 1.